The Morgan fingerprint density at radius 2 is 1.82 bits per heavy atom. The molecular formula is C24H25FN4O3S. The van der Waals surface area contributed by atoms with Crippen molar-refractivity contribution < 1.29 is 18.7 Å². The fraction of sp³-hybridized carbons (Fsp3) is 0.292. The van der Waals surface area contributed by atoms with E-state index < -0.39 is 5.82 Å². The lowest BCUT2D eigenvalue weighted by molar-refractivity contribution is -0.128. The molecule has 33 heavy (non-hydrogen) atoms. The Morgan fingerprint density at radius 1 is 1.09 bits per heavy atom. The molecule has 9 heteroatoms. The number of ether oxygens (including phenoxy) is 1. The van der Waals surface area contributed by atoms with Gasteiger partial charge in [0, 0.05) is 49.8 Å². The first-order chi connectivity index (χ1) is 16.0. The van der Waals surface area contributed by atoms with E-state index in [1.54, 1.807) is 30.3 Å². The van der Waals surface area contributed by atoms with E-state index in [2.05, 4.69) is 4.98 Å². The summed E-state index contributed by atoms with van der Waals surface area (Å²) in [7, 11) is 1.62. The Balaban J connectivity index is 1.32. The second kappa shape index (κ2) is 10.1. The van der Waals surface area contributed by atoms with E-state index >= 15 is 0 Å². The van der Waals surface area contributed by atoms with Crippen molar-refractivity contribution in [2.24, 2.45) is 0 Å². The predicted molar refractivity (Wildman–Crippen MR) is 126 cm³/mol. The van der Waals surface area contributed by atoms with Crippen LogP contribution in [0.25, 0.3) is 5.69 Å². The molecule has 1 aliphatic heterocycles. The van der Waals surface area contributed by atoms with Crippen LogP contribution in [0.1, 0.15) is 17.3 Å². The Hall–Kier alpha value is -3.33. The van der Waals surface area contributed by atoms with E-state index in [0.717, 1.165) is 16.6 Å². The first kappa shape index (κ1) is 22.8. The third-order valence-corrected chi connectivity index (χ3v) is 6.56. The fourth-order valence-electron chi connectivity index (χ4n) is 3.73. The van der Waals surface area contributed by atoms with Crippen LogP contribution < -0.4 is 9.64 Å². The van der Waals surface area contributed by atoms with Gasteiger partial charge in [0.1, 0.15) is 11.6 Å². The summed E-state index contributed by atoms with van der Waals surface area (Å²) in [6.45, 7) is 3.52. The van der Waals surface area contributed by atoms with Crippen LogP contribution in [0.5, 0.6) is 5.75 Å². The third-order valence-electron chi connectivity index (χ3n) is 5.61. The van der Waals surface area contributed by atoms with E-state index in [-0.39, 0.29) is 17.4 Å². The summed E-state index contributed by atoms with van der Waals surface area (Å²) in [6.07, 6.45) is 3.57. The Morgan fingerprint density at radius 3 is 2.45 bits per heavy atom. The van der Waals surface area contributed by atoms with Crippen molar-refractivity contribution in [2.45, 2.75) is 12.1 Å². The zero-order valence-corrected chi connectivity index (χ0v) is 19.3. The lowest BCUT2D eigenvalue weighted by Crippen LogP contribution is -2.49. The second-order valence-electron chi connectivity index (χ2n) is 7.66. The van der Waals surface area contributed by atoms with Crippen LogP contribution in [0.2, 0.25) is 0 Å². The summed E-state index contributed by atoms with van der Waals surface area (Å²) in [5, 5.41) is 0.736. The maximum atomic E-state index is 14.5. The largest absolute Gasteiger partial charge is 0.497 e. The van der Waals surface area contributed by atoms with Gasteiger partial charge in [-0.15, -0.1) is 0 Å². The maximum absolute atomic E-state index is 14.5. The molecule has 1 aromatic heterocycles. The number of Topliss-reactive ketones (excluding diaryl/α,β-unsaturated/α-hetero) is 1. The van der Waals surface area contributed by atoms with Crippen LogP contribution in [0.4, 0.5) is 10.1 Å². The number of ketones is 1. The number of piperazine rings is 1. The van der Waals surface area contributed by atoms with Crippen LogP contribution in [-0.4, -0.2) is 65.2 Å². The summed E-state index contributed by atoms with van der Waals surface area (Å²) < 4.78 is 21.6. The molecule has 7 nitrogen and oxygen atoms in total. The van der Waals surface area contributed by atoms with Gasteiger partial charge >= 0.3 is 0 Å². The molecule has 3 aromatic rings. The molecule has 1 aliphatic rings. The average molecular weight is 469 g/mol. The predicted octanol–water partition coefficient (Wildman–Crippen LogP) is 3.66. The number of rotatable bonds is 7. The molecule has 2 heterocycles. The van der Waals surface area contributed by atoms with Gasteiger partial charge in [-0.1, -0.05) is 11.8 Å². The number of carbonyl (C=O) groups is 2. The lowest BCUT2D eigenvalue weighted by atomic mass is 10.1. The number of hydrogen-bond acceptors (Lipinski definition) is 6. The number of nitrogens with zero attached hydrogens (tertiary/aromatic N) is 4. The molecule has 2 aromatic carbocycles. The number of aromatic nitrogens is 2. The summed E-state index contributed by atoms with van der Waals surface area (Å²) in [4.78, 5) is 32.3. The minimum atomic E-state index is -0.414. The van der Waals surface area contributed by atoms with E-state index in [0.29, 0.717) is 37.4 Å². The standard InChI is InChI=1S/C24H25FN4O3S/c1-17(30)18-3-8-22(21(25)15-18)27-11-13-28(14-12-27)23(31)16-33-24-26-9-10-29(24)19-4-6-20(32-2)7-5-19/h3-10,15H,11-14,16H2,1-2H3. The topological polar surface area (TPSA) is 67.7 Å². The molecule has 0 radical (unpaired) electrons. The van der Waals surface area contributed by atoms with Crippen LogP contribution in [0.3, 0.4) is 0 Å². The highest BCUT2D eigenvalue weighted by atomic mass is 32.2. The van der Waals surface area contributed by atoms with Crippen molar-refractivity contribution in [1.82, 2.24) is 14.5 Å². The maximum Gasteiger partial charge on any atom is 0.233 e. The molecule has 0 N–H and O–H groups in total. The van der Waals surface area contributed by atoms with Gasteiger partial charge in [0.15, 0.2) is 10.9 Å². The third kappa shape index (κ3) is 5.19. The molecule has 0 saturated carbocycles. The van der Waals surface area contributed by atoms with E-state index in [1.165, 1.54) is 24.8 Å². The Bertz CT molecular complexity index is 1140. The van der Waals surface area contributed by atoms with Crippen molar-refractivity contribution in [2.75, 3.05) is 43.9 Å². The van der Waals surface area contributed by atoms with Crippen molar-refractivity contribution in [3.63, 3.8) is 0 Å². The number of thioether (sulfide) groups is 1. The molecule has 0 unspecified atom stereocenters. The molecule has 0 bridgehead atoms. The summed E-state index contributed by atoms with van der Waals surface area (Å²) >= 11 is 1.39. The number of benzene rings is 2. The molecule has 0 aliphatic carbocycles. The van der Waals surface area contributed by atoms with E-state index in [1.807, 2.05) is 39.9 Å². The minimum absolute atomic E-state index is 0.0244. The Kier molecular flexibility index (Phi) is 6.98. The van der Waals surface area contributed by atoms with Gasteiger partial charge in [-0.2, -0.15) is 0 Å². The van der Waals surface area contributed by atoms with E-state index in [4.69, 9.17) is 4.74 Å². The van der Waals surface area contributed by atoms with Crippen molar-refractivity contribution in [3.05, 3.63) is 66.2 Å². The quantitative estimate of drug-likeness (QED) is 0.389. The second-order valence-corrected chi connectivity index (χ2v) is 8.60. The smallest absolute Gasteiger partial charge is 0.233 e. The highest BCUT2D eigenvalue weighted by molar-refractivity contribution is 7.99. The van der Waals surface area contributed by atoms with Crippen LogP contribution >= 0.6 is 11.8 Å². The first-order valence-electron chi connectivity index (χ1n) is 10.6. The monoisotopic (exact) mass is 468 g/mol. The number of hydrogen-bond donors (Lipinski definition) is 0. The molecule has 1 saturated heterocycles. The first-order valence-corrected chi connectivity index (χ1v) is 11.6. The van der Waals surface area contributed by atoms with Gasteiger partial charge < -0.3 is 14.5 Å². The average Bonchev–Trinajstić information content (AvgIpc) is 3.31. The van der Waals surface area contributed by atoms with E-state index in [9.17, 15) is 14.0 Å². The van der Waals surface area contributed by atoms with Gasteiger partial charge in [-0.25, -0.2) is 9.37 Å². The van der Waals surface area contributed by atoms with Gasteiger partial charge in [-0.05, 0) is 49.4 Å². The minimum Gasteiger partial charge on any atom is -0.497 e. The summed E-state index contributed by atoms with van der Waals surface area (Å²) in [5.74, 6) is 0.493. The van der Waals surface area contributed by atoms with Gasteiger partial charge in [0.25, 0.3) is 0 Å². The lowest BCUT2D eigenvalue weighted by Gasteiger charge is -2.36. The number of halogens is 1. The van der Waals surface area contributed by atoms with Gasteiger partial charge in [0.05, 0.1) is 18.6 Å². The molecule has 1 amide bonds. The number of imidazole rings is 1. The van der Waals surface area contributed by atoms with Crippen molar-refractivity contribution in [1.29, 1.82) is 0 Å². The molecule has 0 spiro atoms. The SMILES string of the molecule is COc1ccc(-n2ccnc2SCC(=O)N2CCN(c3ccc(C(C)=O)cc3F)CC2)cc1. The number of amides is 1. The van der Waals surface area contributed by atoms with Crippen molar-refractivity contribution >= 4 is 29.1 Å². The fourth-order valence-corrected chi connectivity index (χ4v) is 4.61. The zero-order chi connectivity index (χ0) is 23.4. The van der Waals surface area contributed by atoms with Gasteiger partial charge in [0.2, 0.25) is 5.91 Å². The number of methoxy groups -OCH3 is 1. The molecule has 0 atom stereocenters. The molecule has 4 rings (SSSR count). The highest BCUT2D eigenvalue weighted by Crippen LogP contribution is 2.24. The van der Waals surface area contributed by atoms with Gasteiger partial charge in [-0.3, -0.25) is 14.2 Å². The summed E-state index contributed by atoms with van der Waals surface area (Å²) in [6, 6.07) is 12.2. The van der Waals surface area contributed by atoms with Crippen molar-refractivity contribution in [3.8, 4) is 11.4 Å². The van der Waals surface area contributed by atoms with Crippen LogP contribution in [-0.2, 0) is 4.79 Å². The van der Waals surface area contributed by atoms with Crippen LogP contribution in [0, 0.1) is 5.82 Å². The van der Waals surface area contributed by atoms with Crippen LogP contribution in [0.15, 0.2) is 60.0 Å². The Labute approximate surface area is 196 Å². The normalized spacial score (nSPS) is 13.8. The molecule has 172 valence electrons. The molecule has 1 fully saturated rings. The summed E-state index contributed by atoms with van der Waals surface area (Å²) in [5.41, 5.74) is 1.76. The molecular weight excluding hydrogens is 443 g/mol. The zero-order valence-electron chi connectivity index (χ0n) is 18.5. The highest BCUT2D eigenvalue weighted by Gasteiger charge is 2.23. The number of anilines is 1. The number of carbonyl (C=O) groups excluding carboxylic acids is 2.